The van der Waals surface area contributed by atoms with Gasteiger partial charge >= 0.3 is 0 Å². The lowest BCUT2D eigenvalue weighted by Gasteiger charge is -2.17. The fourth-order valence-corrected chi connectivity index (χ4v) is 4.62. The summed E-state index contributed by atoms with van der Waals surface area (Å²) in [5.41, 5.74) is 7.91. The van der Waals surface area contributed by atoms with E-state index >= 15 is 0 Å². The summed E-state index contributed by atoms with van der Waals surface area (Å²) in [5.74, 6) is 0.488. The van der Waals surface area contributed by atoms with Crippen LogP contribution in [-0.2, 0) is 23.3 Å². The Morgan fingerprint density at radius 2 is 2.28 bits per heavy atom. The van der Waals surface area contributed by atoms with Crippen LogP contribution in [0.4, 0.5) is 0 Å². The molecule has 0 spiro atoms. The van der Waals surface area contributed by atoms with Crippen molar-refractivity contribution in [3.63, 3.8) is 0 Å². The summed E-state index contributed by atoms with van der Waals surface area (Å²) in [5, 5.41) is 4.82. The molecule has 2 unspecified atom stereocenters. The summed E-state index contributed by atoms with van der Waals surface area (Å²) in [7, 11) is -1.10. The quantitative estimate of drug-likeness (QED) is 0.889. The van der Waals surface area contributed by atoms with E-state index in [1.54, 1.807) is 11.7 Å². The van der Waals surface area contributed by atoms with Gasteiger partial charge in [-0.05, 0) is 25.7 Å². The highest BCUT2D eigenvalue weighted by molar-refractivity contribution is 7.91. The Morgan fingerprint density at radius 3 is 2.72 bits per heavy atom. The van der Waals surface area contributed by atoms with Gasteiger partial charge in [0.2, 0.25) is 0 Å². The van der Waals surface area contributed by atoms with E-state index in [-0.39, 0.29) is 23.5 Å². The molecule has 7 heteroatoms. The molecule has 2 N–H and O–H groups in total. The van der Waals surface area contributed by atoms with Gasteiger partial charge < -0.3 is 5.73 Å². The van der Waals surface area contributed by atoms with E-state index < -0.39 is 9.84 Å². The molecular weight excluding hydrogens is 274 g/mol. The van der Waals surface area contributed by atoms with Gasteiger partial charge in [0.25, 0.3) is 0 Å². The van der Waals surface area contributed by atoms with Crippen molar-refractivity contribution in [2.75, 3.05) is 11.5 Å². The molecule has 0 saturated carbocycles. The molecule has 1 aromatic rings. The van der Waals surface area contributed by atoms with Gasteiger partial charge in [-0.25, -0.2) is 8.42 Å². The number of nitrogens with two attached hydrogens (primary N) is 1. The number of aromatic nitrogens is 2. The zero-order valence-electron chi connectivity index (χ0n) is 10.6. The van der Waals surface area contributed by atoms with Crippen molar-refractivity contribution in [2.45, 2.75) is 25.8 Å². The second-order valence-electron chi connectivity index (χ2n) is 5.01. The SMILES string of the molecule is Cc1nn(C)c(Cl)c1CC(N)C1CCS(=O)(=O)C1. The molecular formula is C11H18ClN3O2S. The first-order chi connectivity index (χ1) is 8.30. The lowest BCUT2D eigenvalue weighted by atomic mass is 9.94. The first-order valence-corrected chi connectivity index (χ1v) is 8.14. The molecule has 1 aliphatic heterocycles. The predicted octanol–water partition coefficient (Wildman–Crippen LogP) is 0.686. The molecule has 102 valence electrons. The Hall–Kier alpha value is -0.590. The van der Waals surface area contributed by atoms with Crippen LogP contribution < -0.4 is 5.73 Å². The molecule has 1 aliphatic rings. The molecule has 1 saturated heterocycles. The van der Waals surface area contributed by atoms with Crippen LogP contribution in [-0.4, -0.2) is 35.7 Å². The number of hydrogen-bond acceptors (Lipinski definition) is 4. The highest BCUT2D eigenvalue weighted by Gasteiger charge is 2.32. The first-order valence-electron chi connectivity index (χ1n) is 5.94. The van der Waals surface area contributed by atoms with Crippen LogP contribution in [0.25, 0.3) is 0 Å². The molecule has 0 radical (unpaired) electrons. The summed E-state index contributed by atoms with van der Waals surface area (Å²) in [4.78, 5) is 0. The molecule has 0 aliphatic carbocycles. The summed E-state index contributed by atoms with van der Waals surface area (Å²) in [6, 6.07) is -0.178. The lowest BCUT2D eigenvalue weighted by molar-refractivity contribution is 0.460. The van der Waals surface area contributed by atoms with Crippen LogP contribution in [0.1, 0.15) is 17.7 Å². The topological polar surface area (TPSA) is 78.0 Å². The number of hydrogen-bond donors (Lipinski definition) is 1. The zero-order chi connectivity index (χ0) is 13.5. The fourth-order valence-electron chi connectivity index (χ4n) is 2.47. The van der Waals surface area contributed by atoms with Gasteiger partial charge in [0.05, 0.1) is 17.2 Å². The van der Waals surface area contributed by atoms with Gasteiger partial charge in [-0.2, -0.15) is 5.10 Å². The molecule has 1 fully saturated rings. The Kier molecular flexibility index (Phi) is 3.71. The van der Waals surface area contributed by atoms with E-state index in [1.807, 2.05) is 6.92 Å². The van der Waals surface area contributed by atoms with Crippen molar-refractivity contribution in [3.05, 3.63) is 16.4 Å². The second-order valence-corrected chi connectivity index (χ2v) is 7.60. The molecule has 1 aromatic heterocycles. The number of rotatable bonds is 3. The Morgan fingerprint density at radius 1 is 1.61 bits per heavy atom. The van der Waals surface area contributed by atoms with Crippen molar-refractivity contribution < 1.29 is 8.42 Å². The van der Waals surface area contributed by atoms with Crippen LogP contribution in [0.2, 0.25) is 5.15 Å². The fraction of sp³-hybridized carbons (Fsp3) is 0.727. The van der Waals surface area contributed by atoms with Crippen LogP contribution >= 0.6 is 11.6 Å². The van der Waals surface area contributed by atoms with Crippen molar-refractivity contribution >= 4 is 21.4 Å². The summed E-state index contributed by atoms with van der Waals surface area (Å²) >= 11 is 6.15. The Bertz CT molecular complexity index is 553. The first kappa shape index (κ1) is 13.8. The van der Waals surface area contributed by atoms with Gasteiger partial charge in [0.15, 0.2) is 9.84 Å². The maximum absolute atomic E-state index is 11.4. The third-order valence-corrected chi connectivity index (χ3v) is 5.85. The molecule has 2 rings (SSSR count). The van der Waals surface area contributed by atoms with E-state index in [0.717, 1.165) is 11.3 Å². The van der Waals surface area contributed by atoms with Gasteiger partial charge in [-0.15, -0.1) is 0 Å². The molecule has 0 aromatic carbocycles. The minimum atomic E-state index is -2.88. The van der Waals surface area contributed by atoms with E-state index in [0.29, 0.717) is 18.0 Å². The van der Waals surface area contributed by atoms with E-state index in [2.05, 4.69) is 5.10 Å². The van der Waals surface area contributed by atoms with Gasteiger partial charge in [0.1, 0.15) is 5.15 Å². The van der Waals surface area contributed by atoms with E-state index in [1.165, 1.54) is 0 Å². The lowest BCUT2D eigenvalue weighted by Crippen LogP contribution is -2.33. The number of sulfone groups is 1. The maximum atomic E-state index is 11.4. The largest absolute Gasteiger partial charge is 0.327 e. The van der Waals surface area contributed by atoms with Gasteiger partial charge in [-0.3, -0.25) is 4.68 Å². The number of halogens is 1. The normalized spacial score (nSPS) is 24.3. The Labute approximate surface area is 112 Å². The predicted molar refractivity (Wildman–Crippen MR) is 71.4 cm³/mol. The molecule has 2 heterocycles. The van der Waals surface area contributed by atoms with Crippen LogP contribution in [0.3, 0.4) is 0 Å². The Balaban J connectivity index is 2.10. The zero-order valence-corrected chi connectivity index (χ0v) is 12.1. The molecule has 0 bridgehead atoms. The minimum Gasteiger partial charge on any atom is -0.327 e. The average Bonchev–Trinajstić information content (AvgIpc) is 2.74. The van der Waals surface area contributed by atoms with Crippen molar-refractivity contribution in [2.24, 2.45) is 18.7 Å². The monoisotopic (exact) mass is 291 g/mol. The highest BCUT2D eigenvalue weighted by atomic mass is 35.5. The van der Waals surface area contributed by atoms with E-state index in [4.69, 9.17) is 17.3 Å². The molecule has 18 heavy (non-hydrogen) atoms. The average molecular weight is 292 g/mol. The van der Waals surface area contributed by atoms with Crippen molar-refractivity contribution in [3.8, 4) is 0 Å². The summed E-state index contributed by atoms with van der Waals surface area (Å²) in [6.45, 7) is 1.89. The standard InChI is InChI=1S/C11H18ClN3O2S/c1-7-9(11(12)15(2)14-7)5-10(13)8-3-4-18(16,17)6-8/h8,10H,3-6,13H2,1-2H3. The molecule has 5 nitrogen and oxygen atoms in total. The maximum Gasteiger partial charge on any atom is 0.150 e. The summed E-state index contributed by atoms with van der Waals surface area (Å²) in [6.07, 6.45) is 1.24. The second kappa shape index (κ2) is 4.83. The third-order valence-electron chi connectivity index (χ3n) is 3.58. The van der Waals surface area contributed by atoms with Crippen LogP contribution in [0, 0.1) is 12.8 Å². The van der Waals surface area contributed by atoms with E-state index in [9.17, 15) is 8.42 Å². The molecule has 2 atom stereocenters. The third kappa shape index (κ3) is 2.70. The van der Waals surface area contributed by atoms with Gasteiger partial charge in [-0.1, -0.05) is 11.6 Å². The summed E-state index contributed by atoms with van der Waals surface area (Å²) < 4.78 is 24.5. The minimum absolute atomic E-state index is 0.0330. The van der Waals surface area contributed by atoms with Crippen molar-refractivity contribution in [1.29, 1.82) is 0 Å². The smallest absolute Gasteiger partial charge is 0.150 e. The van der Waals surface area contributed by atoms with Gasteiger partial charge in [0, 0.05) is 18.7 Å². The van der Waals surface area contributed by atoms with Crippen LogP contribution in [0.5, 0.6) is 0 Å². The van der Waals surface area contributed by atoms with Crippen molar-refractivity contribution in [1.82, 2.24) is 9.78 Å². The number of nitrogens with zero attached hydrogens (tertiary/aromatic N) is 2. The number of aryl methyl sites for hydroxylation is 2. The molecule has 0 amide bonds. The highest BCUT2D eigenvalue weighted by Crippen LogP contribution is 2.26. The van der Waals surface area contributed by atoms with Crippen LogP contribution in [0.15, 0.2) is 0 Å².